The van der Waals surface area contributed by atoms with Gasteiger partial charge in [0, 0.05) is 49.9 Å². The number of likely N-dealkylation sites (tertiary alicyclic amines) is 1. The van der Waals surface area contributed by atoms with Crippen LogP contribution in [0.15, 0.2) is 36.8 Å². The zero-order chi connectivity index (χ0) is 19.0. The van der Waals surface area contributed by atoms with Crippen LogP contribution in [-0.2, 0) is 14.1 Å². The smallest absolute Gasteiger partial charge is 0.253 e. The van der Waals surface area contributed by atoms with Gasteiger partial charge in [-0.2, -0.15) is 5.10 Å². The summed E-state index contributed by atoms with van der Waals surface area (Å²) in [7, 11) is 3.90. The summed E-state index contributed by atoms with van der Waals surface area (Å²) in [6, 6.07) is 7.84. The van der Waals surface area contributed by atoms with Crippen LogP contribution < -0.4 is 0 Å². The zero-order valence-electron chi connectivity index (χ0n) is 16.0. The van der Waals surface area contributed by atoms with Crippen molar-refractivity contribution in [3.8, 4) is 11.1 Å². The van der Waals surface area contributed by atoms with Crippen LogP contribution in [0.3, 0.4) is 0 Å². The Kier molecular flexibility index (Phi) is 4.51. The number of piperidine rings is 1. The molecule has 0 radical (unpaired) electrons. The largest absolute Gasteiger partial charge is 0.339 e. The lowest BCUT2D eigenvalue weighted by Crippen LogP contribution is -2.38. The van der Waals surface area contributed by atoms with Gasteiger partial charge in [-0.1, -0.05) is 12.1 Å². The lowest BCUT2D eigenvalue weighted by atomic mass is 9.95. The number of carbonyl (C=O) groups is 1. The second-order valence-corrected chi connectivity index (χ2v) is 7.21. The van der Waals surface area contributed by atoms with Crippen LogP contribution in [0.4, 0.5) is 0 Å². The van der Waals surface area contributed by atoms with E-state index in [-0.39, 0.29) is 5.91 Å². The molecule has 2 aromatic heterocycles. The summed E-state index contributed by atoms with van der Waals surface area (Å²) in [4.78, 5) is 15.0. The highest BCUT2D eigenvalue weighted by Gasteiger charge is 2.27. The minimum absolute atomic E-state index is 0.0924. The minimum Gasteiger partial charge on any atom is -0.339 e. The molecule has 140 valence electrons. The number of benzene rings is 1. The van der Waals surface area contributed by atoms with Gasteiger partial charge >= 0.3 is 0 Å². The fourth-order valence-electron chi connectivity index (χ4n) is 3.79. The van der Waals surface area contributed by atoms with Gasteiger partial charge in [0.15, 0.2) is 0 Å². The molecule has 7 heteroatoms. The van der Waals surface area contributed by atoms with Crippen LogP contribution in [-0.4, -0.2) is 48.4 Å². The van der Waals surface area contributed by atoms with Crippen LogP contribution in [0.25, 0.3) is 11.1 Å². The first kappa shape index (κ1) is 17.5. The van der Waals surface area contributed by atoms with Gasteiger partial charge in [-0.25, -0.2) is 0 Å². The van der Waals surface area contributed by atoms with Gasteiger partial charge in [0.2, 0.25) is 0 Å². The minimum atomic E-state index is 0.0924. The normalized spacial score (nSPS) is 15.3. The van der Waals surface area contributed by atoms with Crippen molar-refractivity contribution in [2.24, 2.45) is 14.1 Å². The number of rotatable bonds is 3. The quantitative estimate of drug-likeness (QED) is 0.716. The van der Waals surface area contributed by atoms with Gasteiger partial charge in [-0.3, -0.25) is 9.48 Å². The first-order valence-corrected chi connectivity index (χ1v) is 9.27. The van der Waals surface area contributed by atoms with Crippen molar-refractivity contribution in [2.45, 2.75) is 25.7 Å². The topological polar surface area (TPSA) is 68.8 Å². The molecule has 1 aromatic carbocycles. The molecule has 4 rings (SSSR count). The molecule has 0 aliphatic carbocycles. The van der Waals surface area contributed by atoms with Crippen molar-refractivity contribution in [1.82, 2.24) is 29.4 Å². The number of aryl methyl sites for hydroxylation is 2. The molecule has 27 heavy (non-hydrogen) atoms. The molecule has 3 heterocycles. The van der Waals surface area contributed by atoms with E-state index in [4.69, 9.17) is 0 Å². The van der Waals surface area contributed by atoms with E-state index in [1.165, 1.54) is 0 Å². The van der Waals surface area contributed by atoms with E-state index in [1.807, 2.05) is 65.6 Å². The monoisotopic (exact) mass is 364 g/mol. The highest BCUT2D eigenvalue weighted by molar-refractivity contribution is 5.95. The summed E-state index contributed by atoms with van der Waals surface area (Å²) in [5.74, 6) is 1.47. The van der Waals surface area contributed by atoms with Crippen LogP contribution in [0.5, 0.6) is 0 Å². The van der Waals surface area contributed by atoms with Crippen molar-refractivity contribution in [3.63, 3.8) is 0 Å². The highest BCUT2D eigenvalue weighted by atomic mass is 16.2. The van der Waals surface area contributed by atoms with Crippen molar-refractivity contribution >= 4 is 5.91 Å². The zero-order valence-corrected chi connectivity index (χ0v) is 16.0. The predicted molar refractivity (Wildman–Crippen MR) is 102 cm³/mol. The second-order valence-electron chi connectivity index (χ2n) is 7.21. The van der Waals surface area contributed by atoms with Gasteiger partial charge in [0.1, 0.15) is 12.2 Å². The number of aromatic nitrogens is 5. The molecule has 0 saturated carbocycles. The fourth-order valence-corrected chi connectivity index (χ4v) is 3.79. The van der Waals surface area contributed by atoms with E-state index in [0.717, 1.165) is 54.1 Å². The lowest BCUT2D eigenvalue weighted by molar-refractivity contribution is 0.0710. The molecule has 1 fully saturated rings. The fraction of sp³-hybridized carbons (Fsp3) is 0.400. The van der Waals surface area contributed by atoms with Crippen molar-refractivity contribution in [1.29, 1.82) is 0 Å². The van der Waals surface area contributed by atoms with Gasteiger partial charge in [-0.05, 0) is 37.5 Å². The molecule has 7 nitrogen and oxygen atoms in total. The van der Waals surface area contributed by atoms with Crippen LogP contribution in [0.1, 0.15) is 40.6 Å². The summed E-state index contributed by atoms with van der Waals surface area (Å²) in [6.07, 6.45) is 5.42. The molecule has 0 N–H and O–H groups in total. The Morgan fingerprint density at radius 3 is 2.59 bits per heavy atom. The lowest BCUT2D eigenvalue weighted by Gasteiger charge is -2.31. The average molecular weight is 364 g/mol. The molecular formula is C20H24N6O. The molecule has 0 atom stereocenters. The number of amides is 1. The van der Waals surface area contributed by atoms with Gasteiger partial charge in [-0.15, -0.1) is 10.2 Å². The Labute approximate surface area is 158 Å². The van der Waals surface area contributed by atoms with E-state index in [1.54, 1.807) is 6.33 Å². The number of hydrogen-bond donors (Lipinski definition) is 0. The summed E-state index contributed by atoms with van der Waals surface area (Å²) in [5, 5.41) is 12.5. The van der Waals surface area contributed by atoms with E-state index in [2.05, 4.69) is 15.3 Å². The van der Waals surface area contributed by atoms with Crippen molar-refractivity contribution < 1.29 is 4.79 Å². The Morgan fingerprint density at radius 2 is 1.96 bits per heavy atom. The van der Waals surface area contributed by atoms with Gasteiger partial charge in [0.05, 0.1) is 6.20 Å². The maximum absolute atomic E-state index is 13.0. The van der Waals surface area contributed by atoms with E-state index in [0.29, 0.717) is 5.92 Å². The van der Waals surface area contributed by atoms with Crippen LogP contribution in [0, 0.1) is 6.92 Å². The molecule has 0 bridgehead atoms. The van der Waals surface area contributed by atoms with E-state index >= 15 is 0 Å². The summed E-state index contributed by atoms with van der Waals surface area (Å²) >= 11 is 0. The van der Waals surface area contributed by atoms with Crippen molar-refractivity contribution in [3.05, 3.63) is 53.9 Å². The standard InChI is InChI=1S/C20H24N6O/c1-14-18(12-22-25(14)3)16-5-4-6-17(11-16)20(27)26-9-7-15(8-10-26)19-23-21-13-24(19)2/h4-6,11-13,15H,7-10H2,1-3H3. The third kappa shape index (κ3) is 3.25. The molecule has 0 spiro atoms. The summed E-state index contributed by atoms with van der Waals surface area (Å²) < 4.78 is 3.82. The average Bonchev–Trinajstić information content (AvgIpc) is 3.27. The number of hydrogen-bond acceptors (Lipinski definition) is 4. The van der Waals surface area contributed by atoms with Crippen LogP contribution in [0.2, 0.25) is 0 Å². The molecular weight excluding hydrogens is 340 g/mol. The highest BCUT2D eigenvalue weighted by Crippen LogP contribution is 2.28. The third-order valence-corrected chi connectivity index (χ3v) is 5.55. The van der Waals surface area contributed by atoms with Crippen LogP contribution >= 0.6 is 0 Å². The molecule has 0 unspecified atom stereocenters. The van der Waals surface area contributed by atoms with E-state index < -0.39 is 0 Å². The van der Waals surface area contributed by atoms with Crippen molar-refractivity contribution in [2.75, 3.05) is 13.1 Å². The first-order valence-electron chi connectivity index (χ1n) is 9.27. The van der Waals surface area contributed by atoms with Gasteiger partial charge < -0.3 is 9.47 Å². The molecule has 1 aliphatic rings. The SMILES string of the molecule is Cc1c(-c2cccc(C(=O)N3CCC(c4nncn4C)CC3)c2)cnn1C. The molecule has 1 saturated heterocycles. The predicted octanol–water partition coefficient (Wildman–Crippen LogP) is 2.54. The maximum atomic E-state index is 13.0. The summed E-state index contributed by atoms with van der Waals surface area (Å²) in [5.41, 5.74) is 3.91. The Bertz CT molecular complexity index is 965. The Balaban J connectivity index is 1.48. The maximum Gasteiger partial charge on any atom is 0.253 e. The first-order chi connectivity index (χ1) is 13.0. The second kappa shape index (κ2) is 6.98. The summed E-state index contributed by atoms with van der Waals surface area (Å²) in [6.45, 7) is 3.52. The third-order valence-electron chi connectivity index (χ3n) is 5.55. The molecule has 3 aromatic rings. The van der Waals surface area contributed by atoms with E-state index in [9.17, 15) is 4.79 Å². The Hall–Kier alpha value is -2.96. The molecule has 1 aliphatic heterocycles. The Morgan fingerprint density at radius 1 is 1.19 bits per heavy atom. The van der Waals surface area contributed by atoms with Gasteiger partial charge in [0.25, 0.3) is 5.91 Å². The molecule has 1 amide bonds. The number of carbonyl (C=O) groups excluding carboxylic acids is 1. The number of nitrogens with zero attached hydrogens (tertiary/aromatic N) is 6.